The van der Waals surface area contributed by atoms with Crippen molar-refractivity contribution in [1.29, 1.82) is 0 Å². The highest BCUT2D eigenvalue weighted by molar-refractivity contribution is 6.32. The van der Waals surface area contributed by atoms with E-state index in [2.05, 4.69) is 5.10 Å². The van der Waals surface area contributed by atoms with Gasteiger partial charge in [-0.15, -0.1) is 0 Å². The van der Waals surface area contributed by atoms with Gasteiger partial charge in [-0.25, -0.2) is 13.5 Å². The van der Waals surface area contributed by atoms with Crippen molar-refractivity contribution in [2.75, 3.05) is 5.73 Å². The predicted octanol–water partition coefficient (Wildman–Crippen LogP) is 2.39. The molecule has 0 unspecified atom stereocenters. The van der Waals surface area contributed by atoms with Gasteiger partial charge in [0.05, 0.1) is 6.20 Å². The molecule has 0 bridgehead atoms. The molecule has 15 heavy (non-hydrogen) atoms. The molecule has 0 amide bonds. The summed E-state index contributed by atoms with van der Waals surface area (Å²) < 4.78 is 27.1. The lowest BCUT2D eigenvalue weighted by molar-refractivity contribution is 0.574. The number of aromatic nitrogens is 2. The fourth-order valence-corrected chi connectivity index (χ4v) is 1.31. The molecule has 2 N–H and O–H groups in total. The van der Waals surface area contributed by atoms with Crippen LogP contribution in [-0.2, 0) is 0 Å². The molecule has 3 nitrogen and oxygen atoms in total. The SMILES string of the molecule is Nc1c(Cl)cnn1-c1ccc(F)cc1F. The predicted molar refractivity (Wildman–Crippen MR) is 52.9 cm³/mol. The van der Waals surface area contributed by atoms with Gasteiger partial charge in [0.25, 0.3) is 0 Å². The Kier molecular flexibility index (Phi) is 2.32. The Morgan fingerprint density at radius 3 is 2.60 bits per heavy atom. The van der Waals surface area contributed by atoms with E-state index in [4.69, 9.17) is 17.3 Å². The van der Waals surface area contributed by atoms with Crippen LogP contribution in [0.1, 0.15) is 0 Å². The molecule has 0 aliphatic heterocycles. The van der Waals surface area contributed by atoms with Gasteiger partial charge in [-0.2, -0.15) is 5.10 Å². The van der Waals surface area contributed by atoms with E-state index in [9.17, 15) is 8.78 Å². The van der Waals surface area contributed by atoms with Crippen LogP contribution in [0, 0.1) is 11.6 Å². The standard InChI is InChI=1S/C9H6ClF2N3/c10-6-4-14-15(9(6)13)8-2-1-5(11)3-7(8)12/h1-4H,13H2. The number of benzene rings is 1. The largest absolute Gasteiger partial charge is 0.382 e. The maximum absolute atomic E-state index is 13.3. The first-order chi connectivity index (χ1) is 7.09. The molecular formula is C9H6ClF2N3. The molecule has 1 aromatic heterocycles. The van der Waals surface area contributed by atoms with Crippen molar-refractivity contribution in [2.45, 2.75) is 0 Å². The highest BCUT2D eigenvalue weighted by atomic mass is 35.5. The zero-order valence-corrected chi connectivity index (χ0v) is 8.17. The smallest absolute Gasteiger partial charge is 0.151 e. The molecule has 2 aromatic rings. The van der Waals surface area contributed by atoms with Crippen molar-refractivity contribution in [3.63, 3.8) is 0 Å². The first-order valence-corrected chi connectivity index (χ1v) is 4.42. The van der Waals surface area contributed by atoms with Gasteiger partial charge in [0.15, 0.2) is 5.82 Å². The molecule has 0 atom stereocenters. The Morgan fingerprint density at radius 2 is 2.07 bits per heavy atom. The average Bonchev–Trinajstić information content (AvgIpc) is 2.49. The van der Waals surface area contributed by atoms with Crippen LogP contribution in [0.4, 0.5) is 14.6 Å². The summed E-state index contributed by atoms with van der Waals surface area (Å²) in [5, 5.41) is 3.99. The molecule has 0 radical (unpaired) electrons. The van der Waals surface area contributed by atoms with Crippen LogP contribution in [0.25, 0.3) is 5.69 Å². The van der Waals surface area contributed by atoms with Crippen molar-refractivity contribution in [1.82, 2.24) is 9.78 Å². The van der Waals surface area contributed by atoms with Crippen LogP contribution in [0.3, 0.4) is 0 Å². The molecule has 0 saturated heterocycles. The number of anilines is 1. The van der Waals surface area contributed by atoms with Gasteiger partial charge in [-0.1, -0.05) is 11.6 Å². The van der Waals surface area contributed by atoms with Crippen LogP contribution in [0.2, 0.25) is 5.02 Å². The number of hydrogen-bond acceptors (Lipinski definition) is 2. The fourth-order valence-electron chi connectivity index (χ4n) is 1.18. The second-order valence-electron chi connectivity index (χ2n) is 2.89. The lowest BCUT2D eigenvalue weighted by Gasteiger charge is -2.05. The Balaban J connectivity index is 2.59. The molecule has 6 heteroatoms. The molecule has 2 rings (SSSR count). The number of nitrogens with zero attached hydrogens (tertiary/aromatic N) is 2. The van der Waals surface area contributed by atoms with Crippen molar-refractivity contribution in [3.8, 4) is 5.69 Å². The molecule has 0 fully saturated rings. The van der Waals surface area contributed by atoms with E-state index in [1.807, 2.05) is 0 Å². The Bertz CT molecular complexity index is 510. The molecule has 0 aliphatic rings. The van der Waals surface area contributed by atoms with Gasteiger partial charge >= 0.3 is 0 Å². The zero-order valence-electron chi connectivity index (χ0n) is 7.42. The maximum Gasteiger partial charge on any atom is 0.151 e. The Hall–Kier alpha value is -1.62. The first-order valence-electron chi connectivity index (χ1n) is 4.04. The third-order valence-electron chi connectivity index (χ3n) is 1.90. The molecule has 0 spiro atoms. The van der Waals surface area contributed by atoms with Crippen LogP contribution in [0.15, 0.2) is 24.4 Å². The quantitative estimate of drug-likeness (QED) is 0.816. The van der Waals surface area contributed by atoms with Gasteiger partial charge < -0.3 is 5.73 Å². The third-order valence-corrected chi connectivity index (χ3v) is 2.19. The van der Waals surface area contributed by atoms with Crippen molar-refractivity contribution in [3.05, 3.63) is 41.1 Å². The van der Waals surface area contributed by atoms with Crippen LogP contribution in [0.5, 0.6) is 0 Å². The van der Waals surface area contributed by atoms with Crippen molar-refractivity contribution >= 4 is 17.4 Å². The van der Waals surface area contributed by atoms with Crippen LogP contribution in [-0.4, -0.2) is 9.78 Å². The molecule has 78 valence electrons. The van der Waals surface area contributed by atoms with Gasteiger partial charge in [-0.3, -0.25) is 0 Å². The van der Waals surface area contributed by atoms with Gasteiger partial charge in [0, 0.05) is 6.07 Å². The highest BCUT2D eigenvalue weighted by Gasteiger charge is 2.11. The number of hydrogen-bond donors (Lipinski definition) is 1. The minimum atomic E-state index is -0.749. The summed E-state index contributed by atoms with van der Waals surface area (Å²) in [7, 11) is 0. The Labute approximate surface area is 89.1 Å². The number of rotatable bonds is 1. The second-order valence-corrected chi connectivity index (χ2v) is 3.29. The summed E-state index contributed by atoms with van der Waals surface area (Å²) in [5.41, 5.74) is 5.61. The first kappa shape index (κ1) is 9.92. The summed E-state index contributed by atoms with van der Waals surface area (Å²) in [5.74, 6) is -1.29. The summed E-state index contributed by atoms with van der Waals surface area (Å²) >= 11 is 5.66. The third kappa shape index (κ3) is 1.66. The van der Waals surface area contributed by atoms with E-state index in [-0.39, 0.29) is 16.5 Å². The molecule has 0 aliphatic carbocycles. The number of nitrogen functional groups attached to an aromatic ring is 1. The molecular weight excluding hydrogens is 224 g/mol. The minimum Gasteiger partial charge on any atom is -0.382 e. The van der Waals surface area contributed by atoms with Crippen LogP contribution >= 0.6 is 11.6 Å². The Morgan fingerprint density at radius 1 is 1.33 bits per heavy atom. The van der Waals surface area contributed by atoms with E-state index >= 15 is 0 Å². The van der Waals surface area contributed by atoms with E-state index in [0.29, 0.717) is 0 Å². The van der Waals surface area contributed by atoms with Gasteiger partial charge in [0.2, 0.25) is 0 Å². The number of nitrogens with two attached hydrogens (primary N) is 1. The van der Waals surface area contributed by atoms with E-state index in [1.54, 1.807) is 0 Å². The fraction of sp³-hybridized carbons (Fsp3) is 0. The van der Waals surface area contributed by atoms with E-state index < -0.39 is 11.6 Å². The maximum atomic E-state index is 13.3. The topological polar surface area (TPSA) is 43.8 Å². The molecule has 0 saturated carbocycles. The van der Waals surface area contributed by atoms with E-state index in [0.717, 1.165) is 16.8 Å². The number of halogens is 3. The second kappa shape index (κ2) is 3.51. The zero-order chi connectivity index (χ0) is 11.0. The van der Waals surface area contributed by atoms with Gasteiger partial charge in [-0.05, 0) is 12.1 Å². The highest BCUT2D eigenvalue weighted by Crippen LogP contribution is 2.23. The summed E-state index contributed by atoms with van der Waals surface area (Å²) in [6.07, 6.45) is 1.29. The molecule has 1 heterocycles. The minimum absolute atomic E-state index is 0.0563. The van der Waals surface area contributed by atoms with Crippen LogP contribution < -0.4 is 5.73 Å². The summed E-state index contributed by atoms with van der Waals surface area (Å²) in [6, 6.07) is 3.11. The lowest BCUT2D eigenvalue weighted by atomic mass is 10.3. The average molecular weight is 230 g/mol. The summed E-state index contributed by atoms with van der Waals surface area (Å²) in [6.45, 7) is 0. The monoisotopic (exact) mass is 229 g/mol. The van der Waals surface area contributed by atoms with Crippen molar-refractivity contribution in [2.24, 2.45) is 0 Å². The van der Waals surface area contributed by atoms with Crippen molar-refractivity contribution < 1.29 is 8.78 Å². The normalized spacial score (nSPS) is 10.6. The van der Waals surface area contributed by atoms with E-state index in [1.165, 1.54) is 12.3 Å². The van der Waals surface area contributed by atoms with Gasteiger partial charge in [0.1, 0.15) is 22.3 Å². The summed E-state index contributed by atoms with van der Waals surface area (Å²) in [4.78, 5) is 0. The lowest BCUT2D eigenvalue weighted by Crippen LogP contribution is -2.04. The molecule has 1 aromatic carbocycles.